The van der Waals surface area contributed by atoms with Crippen LogP contribution in [0.15, 0.2) is 47.5 Å². The highest BCUT2D eigenvalue weighted by molar-refractivity contribution is 14.0. The molecule has 0 aliphatic rings. The smallest absolute Gasteiger partial charge is 0.387 e. The predicted molar refractivity (Wildman–Crippen MR) is 125 cm³/mol. The first-order valence-electron chi connectivity index (χ1n) is 9.17. The van der Waals surface area contributed by atoms with E-state index in [9.17, 15) is 8.78 Å². The van der Waals surface area contributed by atoms with E-state index in [1.54, 1.807) is 26.3 Å². The summed E-state index contributed by atoms with van der Waals surface area (Å²) in [5, 5.41) is 6.35. The van der Waals surface area contributed by atoms with Crippen molar-refractivity contribution in [2.24, 2.45) is 4.99 Å². The van der Waals surface area contributed by atoms with Gasteiger partial charge in [-0.2, -0.15) is 8.78 Å². The van der Waals surface area contributed by atoms with Crippen molar-refractivity contribution in [1.82, 2.24) is 10.6 Å². The summed E-state index contributed by atoms with van der Waals surface area (Å²) in [6.45, 7) is 0.0243. The molecule has 0 saturated carbocycles. The van der Waals surface area contributed by atoms with Crippen LogP contribution in [-0.4, -0.2) is 40.4 Å². The van der Waals surface area contributed by atoms with Gasteiger partial charge in [0, 0.05) is 31.6 Å². The van der Waals surface area contributed by atoms with Crippen molar-refractivity contribution < 1.29 is 23.0 Å². The molecule has 9 heteroatoms. The molecule has 2 aromatic rings. The molecule has 2 rings (SSSR count). The number of nitrogens with one attached hydrogen (secondary N) is 2. The van der Waals surface area contributed by atoms with Crippen LogP contribution in [0.4, 0.5) is 8.78 Å². The molecular weight excluding hydrogens is 507 g/mol. The third-order valence-electron chi connectivity index (χ3n) is 4.40. The fourth-order valence-corrected chi connectivity index (χ4v) is 2.86. The molecule has 0 aliphatic carbocycles. The standard InChI is InChI=1S/C21H27F2N3O3.HI/c1-14(17-7-5-6-8-19(17)28-4)12-25-21(24-2)26-13-15-11-16(27-3)9-10-18(15)29-20(22)23;/h5-11,14,20H,12-13H2,1-4H3,(H2,24,25,26);1H. The molecule has 0 radical (unpaired) electrons. The maximum absolute atomic E-state index is 12.7. The number of guanidine groups is 1. The normalized spacial score (nSPS) is 12.0. The summed E-state index contributed by atoms with van der Waals surface area (Å²) in [4.78, 5) is 4.19. The Labute approximate surface area is 193 Å². The molecular formula is C21H28F2IN3O3. The fourth-order valence-electron chi connectivity index (χ4n) is 2.86. The third kappa shape index (κ3) is 7.51. The summed E-state index contributed by atoms with van der Waals surface area (Å²) in [5.41, 5.74) is 1.61. The van der Waals surface area contributed by atoms with Gasteiger partial charge in [-0.05, 0) is 29.8 Å². The monoisotopic (exact) mass is 535 g/mol. The van der Waals surface area contributed by atoms with Crippen LogP contribution in [0.5, 0.6) is 17.2 Å². The van der Waals surface area contributed by atoms with Gasteiger partial charge in [0.25, 0.3) is 0 Å². The minimum Gasteiger partial charge on any atom is -0.497 e. The Morgan fingerprint density at radius 1 is 1.03 bits per heavy atom. The van der Waals surface area contributed by atoms with E-state index in [1.807, 2.05) is 24.3 Å². The third-order valence-corrected chi connectivity index (χ3v) is 4.40. The Morgan fingerprint density at radius 3 is 2.40 bits per heavy atom. The van der Waals surface area contributed by atoms with Crippen LogP contribution in [0.3, 0.4) is 0 Å². The molecule has 6 nitrogen and oxygen atoms in total. The Bertz CT molecular complexity index is 822. The number of nitrogens with zero attached hydrogens (tertiary/aromatic N) is 1. The molecule has 0 bridgehead atoms. The summed E-state index contributed by atoms with van der Waals surface area (Å²) >= 11 is 0. The second-order valence-corrected chi connectivity index (χ2v) is 6.30. The van der Waals surface area contributed by atoms with Crippen LogP contribution in [0.25, 0.3) is 0 Å². The highest BCUT2D eigenvalue weighted by atomic mass is 127. The number of methoxy groups -OCH3 is 2. The van der Waals surface area contributed by atoms with Crippen LogP contribution in [-0.2, 0) is 6.54 Å². The molecule has 2 aromatic carbocycles. The zero-order valence-corrected chi connectivity index (χ0v) is 19.8. The first-order valence-corrected chi connectivity index (χ1v) is 9.17. The minimum atomic E-state index is -2.90. The number of aliphatic imine (C=N–C) groups is 1. The molecule has 1 unspecified atom stereocenters. The molecule has 1 atom stereocenters. The highest BCUT2D eigenvalue weighted by Gasteiger charge is 2.13. The maximum atomic E-state index is 12.7. The molecule has 0 fully saturated rings. The Kier molecular flexibility index (Phi) is 11.2. The number of ether oxygens (including phenoxy) is 3. The van der Waals surface area contributed by atoms with Crippen LogP contribution in [0.1, 0.15) is 24.0 Å². The lowest BCUT2D eigenvalue weighted by atomic mass is 10.0. The molecule has 0 saturated heterocycles. The number of hydrogen-bond acceptors (Lipinski definition) is 4. The highest BCUT2D eigenvalue weighted by Crippen LogP contribution is 2.26. The van der Waals surface area contributed by atoms with Crippen molar-refractivity contribution in [2.75, 3.05) is 27.8 Å². The van der Waals surface area contributed by atoms with Crippen LogP contribution < -0.4 is 24.8 Å². The second kappa shape index (κ2) is 13.1. The van der Waals surface area contributed by atoms with Crippen molar-refractivity contribution in [2.45, 2.75) is 26.0 Å². The summed E-state index contributed by atoms with van der Waals surface area (Å²) in [7, 11) is 4.80. The molecule has 166 valence electrons. The average Bonchev–Trinajstić information content (AvgIpc) is 2.74. The van der Waals surface area contributed by atoms with Gasteiger partial charge < -0.3 is 24.8 Å². The van der Waals surface area contributed by atoms with E-state index >= 15 is 0 Å². The number of hydrogen-bond donors (Lipinski definition) is 2. The summed E-state index contributed by atoms with van der Waals surface area (Å²) in [5.74, 6) is 2.18. The van der Waals surface area contributed by atoms with Crippen LogP contribution in [0, 0.1) is 0 Å². The van der Waals surface area contributed by atoms with Gasteiger partial charge in [0.2, 0.25) is 0 Å². The Hall–Kier alpha value is -2.30. The van der Waals surface area contributed by atoms with E-state index in [-0.39, 0.29) is 42.2 Å². The minimum absolute atomic E-state index is 0. The maximum Gasteiger partial charge on any atom is 0.387 e. The van der Waals surface area contributed by atoms with Crippen molar-refractivity contribution in [3.05, 3.63) is 53.6 Å². The van der Waals surface area contributed by atoms with Gasteiger partial charge in [0.1, 0.15) is 17.2 Å². The molecule has 0 aromatic heterocycles. The molecule has 0 aliphatic heterocycles. The summed E-state index contributed by atoms with van der Waals surface area (Å²) in [6.07, 6.45) is 0. The average molecular weight is 535 g/mol. The van der Waals surface area contributed by atoms with E-state index < -0.39 is 6.61 Å². The lowest BCUT2D eigenvalue weighted by Crippen LogP contribution is -2.38. The first kappa shape index (κ1) is 25.7. The SMILES string of the molecule is CN=C(NCc1cc(OC)ccc1OC(F)F)NCC(C)c1ccccc1OC.I. The van der Waals surface area contributed by atoms with Gasteiger partial charge in [-0.15, -0.1) is 24.0 Å². The van der Waals surface area contributed by atoms with E-state index in [1.165, 1.54) is 13.2 Å². The quantitative estimate of drug-likeness (QED) is 0.284. The van der Waals surface area contributed by atoms with E-state index in [4.69, 9.17) is 9.47 Å². The first-order chi connectivity index (χ1) is 14.0. The molecule has 0 amide bonds. The molecule has 2 N–H and O–H groups in total. The van der Waals surface area contributed by atoms with Gasteiger partial charge in [-0.25, -0.2) is 0 Å². The topological polar surface area (TPSA) is 64.1 Å². The number of halogens is 3. The predicted octanol–water partition coefficient (Wildman–Crippen LogP) is 4.39. The van der Waals surface area contributed by atoms with Crippen LogP contribution >= 0.6 is 24.0 Å². The van der Waals surface area contributed by atoms with Crippen molar-refractivity contribution in [3.8, 4) is 17.2 Å². The van der Waals surface area contributed by atoms with Crippen molar-refractivity contribution in [3.63, 3.8) is 0 Å². The summed E-state index contributed by atoms with van der Waals surface area (Å²) in [6, 6.07) is 12.5. The number of benzene rings is 2. The van der Waals surface area contributed by atoms with E-state index in [0.29, 0.717) is 23.8 Å². The van der Waals surface area contributed by atoms with Gasteiger partial charge in [-0.3, -0.25) is 4.99 Å². The Morgan fingerprint density at radius 2 is 1.77 bits per heavy atom. The second-order valence-electron chi connectivity index (χ2n) is 6.30. The van der Waals surface area contributed by atoms with Gasteiger partial charge >= 0.3 is 6.61 Å². The lowest BCUT2D eigenvalue weighted by Gasteiger charge is -2.19. The lowest BCUT2D eigenvalue weighted by molar-refractivity contribution is -0.0504. The Balaban J connectivity index is 0.00000450. The molecule has 0 spiro atoms. The van der Waals surface area contributed by atoms with Gasteiger partial charge in [0.15, 0.2) is 5.96 Å². The number of rotatable bonds is 9. The van der Waals surface area contributed by atoms with Crippen molar-refractivity contribution in [1.29, 1.82) is 0 Å². The van der Waals surface area contributed by atoms with E-state index in [2.05, 4.69) is 27.3 Å². The largest absolute Gasteiger partial charge is 0.497 e. The summed E-state index contributed by atoms with van der Waals surface area (Å²) < 4.78 is 40.5. The molecule has 30 heavy (non-hydrogen) atoms. The zero-order valence-electron chi connectivity index (χ0n) is 17.4. The fraction of sp³-hybridized carbons (Fsp3) is 0.381. The van der Waals surface area contributed by atoms with Gasteiger partial charge in [0.05, 0.1) is 14.2 Å². The number of alkyl halides is 2. The zero-order chi connectivity index (χ0) is 21.2. The molecule has 0 heterocycles. The number of para-hydroxylation sites is 1. The van der Waals surface area contributed by atoms with Crippen LogP contribution in [0.2, 0.25) is 0 Å². The van der Waals surface area contributed by atoms with Gasteiger partial charge in [-0.1, -0.05) is 25.1 Å². The van der Waals surface area contributed by atoms with Crippen molar-refractivity contribution >= 4 is 29.9 Å². The van der Waals surface area contributed by atoms with E-state index in [0.717, 1.165) is 11.3 Å².